The Labute approximate surface area is 264 Å². The minimum absolute atomic E-state index is 0.187. The Morgan fingerprint density at radius 3 is 1.73 bits per heavy atom. The average Bonchev–Trinajstić information content (AvgIpc) is 3.49. The summed E-state index contributed by atoms with van der Waals surface area (Å²) in [5, 5.41) is 0. The Balaban J connectivity index is 1.36. The molecular formula is C39H37NO5. The number of nitrogens with zero attached hydrogens (tertiary/aromatic N) is 1. The lowest BCUT2D eigenvalue weighted by Gasteiger charge is -2.30. The Bertz CT molecular complexity index is 1640. The molecular weight excluding hydrogens is 562 g/mol. The van der Waals surface area contributed by atoms with Crippen molar-refractivity contribution in [3.63, 3.8) is 0 Å². The van der Waals surface area contributed by atoms with Crippen LogP contribution in [-0.4, -0.2) is 28.7 Å². The lowest BCUT2D eigenvalue weighted by molar-refractivity contribution is -0.154. The topological polar surface area (TPSA) is 80.8 Å². The molecule has 2 fully saturated rings. The molecule has 45 heavy (non-hydrogen) atoms. The van der Waals surface area contributed by atoms with Gasteiger partial charge >= 0.3 is 11.9 Å². The van der Waals surface area contributed by atoms with Crippen LogP contribution in [0.3, 0.4) is 0 Å². The third-order valence-corrected chi connectivity index (χ3v) is 9.58. The maximum Gasteiger partial charge on any atom is 0.318 e. The molecule has 4 aromatic carbocycles. The van der Waals surface area contributed by atoms with E-state index in [1.54, 1.807) is 0 Å². The summed E-state index contributed by atoms with van der Waals surface area (Å²) in [6.45, 7) is 2.18. The van der Waals surface area contributed by atoms with Gasteiger partial charge < -0.3 is 4.74 Å². The van der Waals surface area contributed by atoms with E-state index < -0.39 is 41.5 Å². The SMILES string of the molecule is CC(c1ccccc1)C1C(=O)N(Cc2ccccc2)C(=O)C1CC(c1ccccc1)C1C(=O)OC(=O)C1CCc1ccccc1. The molecule has 0 spiro atoms. The number of ether oxygens (including phenoxy) is 1. The summed E-state index contributed by atoms with van der Waals surface area (Å²) in [5.41, 5.74) is 3.77. The molecule has 2 aliphatic heterocycles. The van der Waals surface area contributed by atoms with Gasteiger partial charge in [0, 0.05) is 0 Å². The zero-order chi connectivity index (χ0) is 31.3. The highest BCUT2D eigenvalue weighted by atomic mass is 16.6. The van der Waals surface area contributed by atoms with Crippen LogP contribution in [0.5, 0.6) is 0 Å². The highest BCUT2D eigenvalue weighted by molar-refractivity contribution is 6.05. The number of aryl methyl sites for hydroxylation is 1. The van der Waals surface area contributed by atoms with Gasteiger partial charge in [0.15, 0.2) is 0 Å². The van der Waals surface area contributed by atoms with Crippen LogP contribution < -0.4 is 0 Å². The third kappa shape index (κ3) is 6.37. The van der Waals surface area contributed by atoms with Crippen molar-refractivity contribution < 1.29 is 23.9 Å². The molecule has 2 aliphatic rings. The fourth-order valence-electron chi connectivity index (χ4n) is 7.24. The first kappa shape index (κ1) is 30.2. The second-order valence-electron chi connectivity index (χ2n) is 12.2. The first-order valence-electron chi connectivity index (χ1n) is 15.7. The maximum absolute atomic E-state index is 14.3. The number of esters is 2. The predicted molar refractivity (Wildman–Crippen MR) is 170 cm³/mol. The van der Waals surface area contributed by atoms with Crippen LogP contribution >= 0.6 is 0 Å². The Morgan fingerprint density at radius 2 is 1.13 bits per heavy atom. The molecule has 0 N–H and O–H groups in total. The highest BCUT2D eigenvalue weighted by Crippen LogP contribution is 2.47. The average molecular weight is 600 g/mol. The number of carbonyl (C=O) groups excluding carboxylic acids is 4. The first-order chi connectivity index (χ1) is 21.9. The fourth-order valence-corrected chi connectivity index (χ4v) is 7.24. The lowest BCUT2D eigenvalue weighted by Crippen LogP contribution is -2.32. The molecule has 228 valence electrons. The Hall–Kier alpha value is -4.84. The standard InChI is InChI=1S/C39H37NO5/c1-26(29-18-10-4-11-19-29)34-33(36(41)40(37(34)42)25-28-16-8-3-9-17-28)24-32(30-20-12-5-13-21-30)35-31(38(43)45-39(35)44)23-22-27-14-6-2-7-15-27/h2-21,26,31-35H,22-25H2,1H3. The predicted octanol–water partition coefficient (Wildman–Crippen LogP) is 6.71. The lowest BCUT2D eigenvalue weighted by atomic mass is 9.69. The Kier molecular flexibility index (Phi) is 9.01. The molecule has 6 nitrogen and oxygen atoms in total. The van der Waals surface area contributed by atoms with Crippen molar-refractivity contribution in [1.82, 2.24) is 4.90 Å². The maximum atomic E-state index is 14.3. The molecule has 0 aromatic heterocycles. The van der Waals surface area contributed by atoms with Gasteiger partial charge in [-0.1, -0.05) is 128 Å². The van der Waals surface area contributed by atoms with Crippen molar-refractivity contribution in [2.75, 3.05) is 0 Å². The second-order valence-corrected chi connectivity index (χ2v) is 12.2. The second kappa shape index (κ2) is 13.4. The molecule has 0 saturated carbocycles. The molecule has 4 aromatic rings. The smallest absolute Gasteiger partial charge is 0.318 e. The zero-order valence-corrected chi connectivity index (χ0v) is 25.3. The minimum Gasteiger partial charge on any atom is -0.393 e. The van der Waals surface area contributed by atoms with E-state index in [9.17, 15) is 19.2 Å². The van der Waals surface area contributed by atoms with Crippen molar-refractivity contribution in [2.24, 2.45) is 23.7 Å². The number of likely N-dealkylation sites (tertiary alicyclic amines) is 1. The molecule has 0 aliphatic carbocycles. The number of carbonyl (C=O) groups is 4. The molecule has 2 saturated heterocycles. The molecule has 2 amide bonds. The number of hydrogen-bond acceptors (Lipinski definition) is 5. The molecule has 0 radical (unpaired) electrons. The van der Waals surface area contributed by atoms with E-state index in [0.717, 1.165) is 22.3 Å². The van der Waals surface area contributed by atoms with Crippen molar-refractivity contribution >= 4 is 23.8 Å². The van der Waals surface area contributed by atoms with Gasteiger partial charge in [0.2, 0.25) is 11.8 Å². The fraction of sp³-hybridized carbons (Fsp3) is 0.282. The van der Waals surface area contributed by atoms with E-state index in [1.807, 2.05) is 128 Å². The molecule has 6 unspecified atom stereocenters. The monoisotopic (exact) mass is 599 g/mol. The largest absolute Gasteiger partial charge is 0.393 e. The normalized spacial score (nSPS) is 22.8. The van der Waals surface area contributed by atoms with Crippen molar-refractivity contribution in [2.45, 2.75) is 44.6 Å². The number of imide groups is 1. The quantitative estimate of drug-likeness (QED) is 0.109. The van der Waals surface area contributed by atoms with Crippen LogP contribution in [0.1, 0.15) is 53.9 Å². The number of rotatable bonds is 11. The first-order valence-corrected chi connectivity index (χ1v) is 15.7. The van der Waals surface area contributed by atoms with Crippen LogP contribution in [0.2, 0.25) is 0 Å². The van der Waals surface area contributed by atoms with Gasteiger partial charge in [-0.25, -0.2) is 0 Å². The Morgan fingerprint density at radius 1 is 0.600 bits per heavy atom. The summed E-state index contributed by atoms with van der Waals surface area (Å²) in [6, 6.07) is 38.7. The zero-order valence-electron chi connectivity index (χ0n) is 25.3. The number of hydrogen-bond donors (Lipinski definition) is 0. The van der Waals surface area contributed by atoms with Gasteiger partial charge in [-0.3, -0.25) is 24.1 Å². The minimum atomic E-state index is -0.762. The third-order valence-electron chi connectivity index (χ3n) is 9.58. The van der Waals surface area contributed by atoms with Gasteiger partial charge in [0.05, 0.1) is 30.2 Å². The van der Waals surface area contributed by atoms with Crippen LogP contribution in [0.15, 0.2) is 121 Å². The van der Waals surface area contributed by atoms with E-state index in [1.165, 1.54) is 4.90 Å². The molecule has 0 bridgehead atoms. The summed E-state index contributed by atoms with van der Waals surface area (Å²) >= 11 is 0. The summed E-state index contributed by atoms with van der Waals surface area (Å²) < 4.78 is 5.29. The van der Waals surface area contributed by atoms with E-state index in [0.29, 0.717) is 12.8 Å². The van der Waals surface area contributed by atoms with E-state index >= 15 is 0 Å². The summed E-state index contributed by atoms with van der Waals surface area (Å²) in [7, 11) is 0. The van der Waals surface area contributed by atoms with Gasteiger partial charge in [0.1, 0.15) is 0 Å². The van der Waals surface area contributed by atoms with Crippen molar-refractivity contribution in [3.05, 3.63) is 144 Å². The highest BCUT2D eigenvalue weighted by Gasteiger charge is 2.54. The molecule has 6 atom stereocenters. The van der Waals surface area contributed by atoms with E-state index in [-0.39, 0.29) is 30.7 Å². The summed E-state index contributed by atoms with van der Waals surface area (Å²) in [6.07, 6.45) is 1.31. The number of benzene rings is 4. The number of amides is 2. The van der Waals surface area contributed by atoms with Gasteiger partial charge in [-0.2, -0.15) is 0 Å². The van der Waals surface area contributed by atoms with Gasteiger partial charge in [-0.15, -0.1) is 0 Å². The van der Waals surface area contributed by atoms with Crippen molar-refractivity contribution in [3.8, 4) is 0 Å². The van der Waals surface area contributed by atoms with Crippen LogP contribution in [0.25, 0.3) is 0 Å². The van der Waals surface area contributed by atoms with E-state index in [4.69, 9.17) is 4.74 Å². The van der Waals surface area contributed by atoms with Crippen molar-refractivity contribution in [1.29, 1.82) is 0 Å². The summed E-state index contributed by atoms with van der Waals surface area (Å²) in [4.78, 5) is 56.5. The van der Waals surface area contributed by atoms with Gasteiger partial charge in [0.25, 0.3) is 0 Å². The molecule has 2 heterocycles. The molecule has 6 heteroatoms. The van der Waals surface area contributed by atoms with E-state index in [2.05, 4.69) is 0 Å². The van der Waals surface area contributed by atoms with Gasteiger partial charge in [-0.05, 0) is 53.4 Å². The van der Waals surface area contributed by atoms with Crippen LogP contribution in [0, 0.1) is 23.7 Å². The summed E-state index contributed by atoms with van der Waals surface area (Å²) in [5.74, 6) is -4.97. The van der Waals surface area contributed by atoms with Crippen LogP contribution in [-0.2, 0) is 36.9 Å². The number of cyclic esters (lactones) is 2. The molecule has 6 rings (SSSR count). The van der Waals surface area contributed by atoms with Crippen LogP contribution in [0.4, 0.5) is 0 Å².